The molecule has 0 saturated carbocycles. The normalized spacial score (nSPS) is 10.6. The Hall–Kier alpha value is -3.89. The Bertz CT molecular complexity index is 1280. The average Bonchev–Trinajstić information content (AvgIpc) is 3.30. The molecule has 1 amide bonds. The van der Waals surface area contributed by atoms with Crippen LogP contribution in [0.15, 0.2) is 82.4 Å². The van der Waals surface area contributed by atoms with E-state index >= 15 is 0 Å². The molecule has 11 heteroatoms. The second-order valence-corrected chi connectivity index (χ2v) is 7.96. The molecule has 0 fully saturated rings. The molecular weight excluding hydrogens is 468 g/mol. The van der Waals surface area contributed by atoms with Crippen LogP contribution >= 0.6 is 23.4 Å². The molecule has 0 bridgehead atoms. The van der Waals surface area contributed by atoms with Gasteiger partial charge in [0.05, 0.1) is 10.7 Å². The summed E-state index contributed by atoms with van der Waals surface area (Å²) >= 11 is 6.92. The number of benzene rings is 3. The average molecular weight is 483 g/mol. The molecule has 4 rings (SSSR count). The highest BCUT2D eigenvalue weighted by Crippen LogP contribution is 2.27. The maximum atomic E-state index is 12.2. The first-order valence-electron chi connectivity index (χ1n) is 9.51. The predicted octanol–water partition coefficient (Wildman–Crippen LogP) is 5.82. The summed E-state index contributed by atoms with van der Waals surface area (Å²) in [7, 11) is 0. The van der Waals surface area contributed by atoms with E-state index in [-0.39, 0.29) is 28.5 Å². The number of nitro groups is 1. The molecule has 3 aromatic carbocycles. The summed E-state index contributed by atoms with van der Waals surface area (Å²) in [6.45, 7) is 0. The molecule has 1 heterocycles. The van der Waals surface area contributed by atoms with Crippen LogP contribution in [0.5, 0.6) is 11.5 Å². The Morgan fingerprint density at radius 3 is 2.45 bits per heavy atom. The summed E-state index contributed by atoms with van der Waals surface area (Å²) in [5.41, 5.74) is 0.949. The van der Waals surface area contributed by atoms with Crippen LogP contribution < -0.4 is 10.1 Å². The minimum atomic E-state index is -0.504. The zero-order chi connectivity index (χ0) is 23.2. The summed E-state index contributed by atoms with van der Waals surface area (Å²) < 4.78 is 11.2. The first-order chi connectivity index (χ1) is 16.0. The van der Waals surface area contributed by atoms with E-state index in [2.05, 4.69) is 15.5 Å². The predicted molar refractivity (Wildman–Crippen MR) is 124 cm³/mol. The summed E-state index contributed by atoms with van der Waals surface area (Å²) in [6, 6.07) is 19.8. The van der Waals surface area contributed by atoms with Crippen LogP contribution in [-0.4, -0.2) is 26.8 Å². The highest BCUT2D eigenvalue weighted by Gasteiger charge is 2.14. The number of amides is 1. The summed E-state index contributed by atoms with van der Waals surface area (Å²) in [5.74, 6) is 1.18. The van der Waals surface area contributed by atoms with Crippen LogP contribution in [0.1, 0.15) is 0 Å². The highest BCUT2D eigenvalue weighted by atomic mass is 35.5. The van der Waals surface area contributed by atoms with Gasteiger partial charge in [-0.15, -0.1) is 10.2 Å². The van der Waals surface area contributed by atoms with Crippen molar-refractivity contribution in [2.75, 3.05) is 11.1 Å². The van der Waals surface area contributed by atoms with Crippen molar-refractivity contribution in [3.63, 3.8) is 0 Å². The van der Waals surface area contributed by atoms with E-state index in [4.69, 9.17) is 20.8 Å². The molecule has 0 aliphatic carbocycles. The van der Waals surface area contributed by atoms with Gasteiger partial charge in [-0.2, -0.15) is 0 Å². The molecular formula is C22H15ClN4O5S. The van der Waals surface area contributed by atoms with Crippen LogP contribution in [-0.2, 0) is 4.79 Å². The quantitative estimate of drug-likeness (QED) is 0.189. The van der Waals surface area contributed by atoms with Gasteiger partial charge in [-0.3, -0.25) is 14.9 Å². The fourth-order valence-corrected chi connectivity index (χ4v) is 3.40. The number of thioether (sulfide) groups is 1. The molecule has 166 valence electrons. The van der Waals surface area contributed by atoms with Gasteiger partial charge in [0, 0.05) is 28.4 Å². The van der Waals surface area contributed by atoms with Crippen molar-refractivity contribution in [2.45, 2.75) is 5.22 Å². The van der Waals surface area contributed by atoms with Gasteiger partial charge in [0.15, 0.2) is 0 Å². The Morgan fingerprint density at radius 2 is 1.76 bits per heavy atom. The summed E-state index contributed by atoms with van der Waals surface area (Å²) in [5, 5.41) is 22.2. The van der Waals surface area contributed by atoms with E-state index in [1.165, 1.54) is 18.2 Å². The molecule has 0 atom stereocenters. The molecule has 0 saturated heterocycles. The van der Waals surface area contributed by atoms with Gasteiger partial charge in [0.2, 0.25) is 11.8 Å². The molecule has 0 radical (unpaired) electrons. The largest absolute Gasteiger partial charge is 0.457 e. The van der Waals surface area contributed by atoms with Crippen LogP contribution in [0.2, 0.25) is 5.02 Å². The maximum absolute atomic E-state index is 12.2. The lowest BCUT2D eigenvalue weighted by Gasteiger charge is -2.08. The lowest BCUT2D eigenvalue weighted by Crippen LogP contribution is -2.13. The van der Waals surface area contributed by atoms with E-state index in [1.54, 1.807) is 54.6 Å². The van der Waals surface area contributed by atoms with Gasteiger partial charge >= 0.3 is 0 Å². The molecule has 0 spiro atoms. The first-order valence-corrected chi connectivity index (χ1v) is 10.9. The van der Waals surface area contributed by atoms with Crippen molar-refractivity contribution >= 4 is 40.6 Å². The van der Waals surface area contributed by atoms with Crippen molar-refractivity contribution < 1.29 is 18.9 Å². The van der Waals surface area contributed by atoms with Crippen LogP contribution in [0.4, 0.5) is 11.4 Å². The second-order valence-electron chi connectivity index (χ2n) is 6.60. The SMILES string of the molecule is O=C(CSc1nnc(-c2cccc([N+](=O)[O-])c2)o1)Nc1ccc(Oc2ccc(Cl)cc2)cc1. The Morgan fingerprint density at radius 1 is 1.06 bits per heavy atom. The van der Waals surface area contributed by atoms with Crippen molar-refractivity contribution in [1.82, 2.24) is 10.2 Å². The Kier molecular flexibility index (Phi) is 6.86. The number of nitrogens with zero attached hydrogens (tertiary/aromatic N) is 3. The topological polar surface area (TPSA) is 120 Å². The number of nitro benzene ring substituents is 1. The third-order valence-corrected chi connectivity index (χ3v) is 5.29. The number of carbonyl (C=O) groups excluding carboxylic acids is 1. The molecule has 9 nitrogen and oxygen atoms in total. The molecule has 1 N–H and O–H groups in total. The number of nitrogens with one attached hydrogen (secondary N) is 1. The van der Waals surface area contributed by atoms with Crippen molar-refractivity contribution in [1.29, 1.82) is 0 Å². The number of anilines is 1. The van der Waals surface area contributed by atoms with E-state index in [9.17, 15) is 14.9 Å². The van der Waals surface area contributed by atoms with Crippen molar-refractivity contribution in [3.8, 4) is 23.0 Å². The lowest BCUT2D eigenvalue weighted by molar-refractivity contribution is -0.384. The third-order valence-electron chi connectivity index (χ3n) is 4.22. The fourth-order valence-electron chi connectivity index (χ4n) is 2.71. The summed E-state index contributed by atoms with van der Waals surface area (Å²) in [4.78, 5) is 22.7. The van der Waals surface area contributed by atoms with Crippen LogP contribution in [0, 0.1) is 10.1 Å². The molecule has 0 aliphatic rings. The van der Waals surface area contributed by atoms with E-state index in [0.29, 0.717) is 27.8 Å². The Labute approximate surface area is 196 Å². The number of ether oxygens (including phenoxy) is 1. The van der Waals surface area contributed by atoms with Gasteiger partial charge in [-0.25, -0.2) is 0 Å². The molecule has 0 unspecified atom stereocenters. The van der Waals surface area contributed by atoms with Gasteiger partial charge < -0.3 is 14.5 Å². The third kappa shape index (κ3) is 6.09. The number of aromatic nitrogens is 2. The van der Waals surface area contributed by atoms with Gasteiger partial charge in [0.25, 0.3) is 10.9 Å². The number of non-ortho nitro benzene ring substituents is 1. The second kappa shape index (κ2) is 10.2. The van der Waals surface area contributed by atoms with E-state index in [1.807, 2.05) is 0 Å². The molecule has 1 aromatic heterocycles. The van der Waals surface area contributed by atoms with Crippen molar-refractivity contribution in [3.05, 3.63) is 87.9 Å². The molecule has 0 aliphatic heterocycles. The fraction of sp³-hybridized carbons (Fsp3) is 0.0455. The Balaban J connectivity index is 1.29. The van der Waals surface area contributed by atoms with Gasteiger partial charge in [0.1, 0.15) is 11.5 Å². The zero-order valence-electron chi connectivity index (χ0n) is 16.8. The minimum Gasteiger partial charge on any atom is -0.457 e. The number of hydrogen-bond donors (Lipinski definition) is 1. The number of hydrogen-bond acceptors (Lipinski definition) is 8. The number of carbonyl (C=O) groups is 1. The molecule has 4 aromatic rings. The van der Waals surface area contributed by atoms with Crippen LogP contribution in [0.3, 0.4) is 0 Å². The van der Waals surface area contributed by atoms with E-state index < -0.39 is 4.92 Å². The zero-order valence-corrected chi connectivity index (χ0v) is 18.4. The minimum absolute atomic E-state index is 0.0413. The number of halogens is 1. The summed E-state index contributed by atoms with van der Waals surface area (Å²) in [6.07, 6.45) is 0. The van der Waals surface area contributed by atoms with Crippen LogP contribution in [0.25, 0.3) is 11.5 Å². The van der Waals surface area contributed by atoms with Gasteiger partial charge in [-0.1, -0.05) is 29.4 Å². The standard InChI is InChI=1S/C22H15ClN4O5S/c23-15-4-8-18(9-5-15)31-19-10-6-16(7-11-19)24-20(28)13-33-22-26-25-21(32-22)14-2-1-3-17(12-14)27(29)30/h1-12H,13H2,(H,24,28). The van der Waals surface area contributed by atoms with Gasteiger partial charge in [-0.05, 0) is 54.6 Å². The lowest BCUT2D eigenvalue weighted by atomic mass is 10.2. The maximum Gasteiger partial charge on any atom is 0.277 e. The highest BCUT2D eigenvalue weighted by molar-refractivity contribution is 7.99. The molecule has 33 heavy (non-hydrogen) atoms. The monoisotopic (exact) mass is 482 g/mol. The van der Waals surface area contributed by atoms with E-state index in [0.717, 1.165) is 11.8 Å². The smallest absolute Gasteiger partial charge is 0.277 e. The number of rotatable bonds is 8. The first kappa shape index (κ1) is 22.3. The van der Waals surface area contributed by atoms with Crippen molar-refractivity contribution in [2.24, 2.45) is 0 Å².